The van der Waals surface area contributed by atoms with Crippen LogP contribution in [0.4, 0.5) is 0 Å². The first-order valence-electron chi connectivity index (χ1n) is 6.59. The van der Waals surface area contributed by atoms with E-state index in [1.165, 1.54) is 5.56 Å². The normalized spacial score (nSPS) is 14.4. The second-order valence-electron chi connectivity index (χ2n) is 4.86. The second kappa shape index (κ2) is 7.27. The first kappa shape index (κ1) is 14.8. The molecule has 1 aromatic rings. The van der Waals surface area contributed by atoms with Crippen molar-refractivity contribution in [3.05, 3.63) is 33.3 Å². The molecule has 0 aliphatic heterocycles. The lowest BCUT2D eigenvalue weighted by Gasteiger charge is -2.07. The molecule has 0 aromatic heterocycles. The third kappa shape index (κ3) is 5.51. The van der Waals surface area contributed by atoms with Gasteiger partial charge in [-0.2, -0.15) is 0 Å². The predicted molar refractivity (Wildman–Crippen MR) is 81.3 cm³/mol. The van der Waals surface area contributed by atoms with Crippen molar-refractivity contribution >= 4 is 33.4 Å². The quantitative estimate of drug-likeness (QED) is 0.745. The summed E-state index contributed by atoms with van der Waals surface area (Å²) in [5, 5.41) is 7.05. The number of benzene rings is 1. The van der Waals surface area contributed by atoms with Crippen LogP contribution >= 0.6 is 27.5 Å². The summed E-state index contributed by atoms with van der Waals surface area (Å²) in [7, 11) is 0. The minimum Gasteiger partial charge on any atom is -0.353 e. The number of hydrogen-bond donors (Lipinski definition) is 2. The molecule has 1 saturated carbocycles. The number of halogens is 2. The zero-order chi connectivity index (χ0) is 13.7. The fraction of sp³-hybridized carbons (Fsp3) is 0.500. The average Bonchev–Trinajstić information content (AvgIpc) is 3.15. The van der Waals surface area contributed by atoms with Crippen LogP contribution in [0, 0.1) is 0 Å². The lowest BCUT2D eigenvalue weighted by atomic mass is 10.2. The molecule has 1 aliphatic carbocycles. The van der Waals surface area contributed by atoms with E-state index in [0.29, 0.717) is 12.5 Å². The van der Waals surface area contributed by atoms with Gasteiger partial charge in [0, 0.05) is 28.5 Å². The highest BCUT2D eigenvalue weighted by Crippen LogP contribution is 2.21. The van der Waals surface area contributed by atoms with Gasteiger partial charge in [0.2, 0.25) is 5.91 Å². The summed E-state index contributed by atoms with van der Waals surface area (Å²) >= 11 is 9.37. The van der Waals surface area contributed by atoms with Crippen LogP contribution in [0.2, 0.25) is 5.02 Å². The highest BCUT2D eigenvalue weighted by molar-refractivity contribution is 9.10. The van der Waals surface area contributed by atoms with Crippen LogP contribution in [0.1, 0.15) is 31.2 Å². The van der Waals surface area contributed by atoms with Gasteiger partial charge in [-0.05, 0) is 43.5 Å². The van der Waals surface area contributed by atoms with Gasteiger partial charge in [-0.25, -0.2) is 0 Å². The second-order valence-corrected chi connectivity index (χ2v) is 6.15. The lowest BCUT2D eigenvalue weighted by molar-refractivity contribution is -0.121. The van der Waals surface area contributed by atoms with E-state index in [1.807, 2.05) is 18.2 Å². The van der Waals surface area contributed by atoms with E-state index < -0.39 is 0 Å². The topological polar surface area (TPSA) is 41.1 Å². The molecular formula is C14H18BrClN2O. The molecule has 2 rings (SSSR count). The number of carbonyl (C=O) groups excluding carboxylic acids is 1. The van der Waals surface area contributed by atoms with Crippen LogP contribution in [0.25, 0.3) is 0 Å². The van der Waals surface area contributed by atoms with Crippen molar-refractivity contribution < 1.29 is 4.79 Å². The van der Waals surface area contributed by atoms with E-state index in [2.05, 4.69) is 26.6 Å². The number of rotatable bonds is 7. The molecule has 0 bridgehead atoms. The maximum absolute atomic E-state index is 11.5. The Bertz CT molecular complexity index is 449. The minimum atomic E-state index is 0.178. The van der Waals surface area contributed by atoms with Gasteiger partial charge in [-0.1, -0.05) is 33.6 Å². The fourth-order valence-corrected chi connectivity index (χ4v) is 2.61. The Morgan fingerprint density at radius 2 is 2.21 bits per heavy atom. The Balaban J connectivity index is 1.59. The van der Waals surface area contributed by atoms with Gasteiger partial charge < -0.3 is 10.6 Å². The molecule has 104 valence electrons. The molecule has 19 heavy (non-hydrogen) atoms. The minimum absolute atomic E-state index is 0.178. The van der Waals surface area contributed by atoms with E-state index >= 15 is 0 Å². The fourth-order valence-electron chi connectivity index (χ4n) is 1.79. The van der Waals surface area contributed by atoms with E-state index in [1.54, 1.807) is 0 Å². The summed E-state index contributed by atoms with van der Waals surface area (Å²) in [6.45, 7) is 1.62. The van der Waals surface area contributed by atoms with E-state index in [9.17, 15) is 4.79 Å². The van der Waals surface area contributed by atoms with Gasteiger partial charge in [0.25, 0.3) is 0 Å². The maximum Gasteiger partial charge on any atom is 0.220 e. The van der Waals surface area contributed by atoms with Crippen molar-refractivity contribution in [3.63, 3.8) is 0 Å². The van der Waals surface area contributed by atoms with Crippen LogP contribution in [0.3, 0.4) is 0 Å². The maximum atomic E-state index is 11.5. The van der Waals surface area contributed by atoms with Crippen LogP contribution in [-0.2, 0) is 11.3 Å². The number of amides is 1. The van der Waals surface area contributed by atoms with E-state index in [0.717, 1.165) is 41.8 Å². The molecule has 0 saturated heterocycles. The molecule has 0 atom stereocenters. The third-order valence-electron chi connectivity index (χ3n) is 3.03. The summed E-state index contributed by atoms with van der Waals surface area (Å²) in [6, 6.07) is 6.23. The lowest BCUT2D eigenvalue weighted by Crippen LogP contribution is -2.26. The highest BCUT2D eigenvalue weighted by Gasteiger charge is 2.22. The Hall–Kier alpha value is -0.580. The molecule has 0 radical (unpaired) electrons. The monoisotopic (exact) mass is 344 g/mol. The van der Waals surface area contributed by atoms with Gasteiger partial charge in [0.1, 0.15) is 0 Å². The largest absolute Gasteiger partial charge is 0.353 e. The van der Waals surface area contributed by atoms with Crippen molar-refractivity contribution in [1.82, 2.24) is 10.6 Å². The molecule has 1 amide bonds. The molecule has 2 N–H and O–H groups in total. The molecule has 1 aromatic carbocycles. The van der Waals surface area contributed by atoms with Crippen LogP contribution < -0.4 is 10.6 Å². The SMILES string of the molecule is O=C(CCCNCc1ccc(Cl)cc1Br)NC1CC1. The first-order valence-corrected chi connectivity index (χ1v) is 7.76. The third-order valence-corrected chi connectivity index (χ3v) is 4.00. The Labute approximate surface area is 127 Å². The van der Waals surface area contributed by atoms with E-state index in [-0.39, 0.29) is 5.91 Å². The Morgan fingerprint density at radius 3 is 2.89 bits per heavy atom. The van der Waals surface area contributed by atoms with Crippen molar-refractivity contribution in [2.45, 2.75) is 38.3 Å². The molecule has 1 fully saturated rings. The highest BCUT2D eigenvalue weighted by atomic mass is 79.9. The van der Waals surface area contributed by atoms with E-state index in [4.69, 9.17) is 11.6 Å². The Morgan fingerprint density at radius 1 is 1.42 bits per heavy atom. The van der Waals surface area contributed by atoms with Crippen molar-refractivity contribution in [1.29, 1.82) is 0 Å². The number of carbonyl (C=O) groups is 1. The molecule has 1 aliphatic rings. The standard InChI is InChI=1S/C14H18BrClN2O/c15-13-8-11(16)4-3-10(13)9-17-7-1-2-14(19)18-12-5-6-12/h3-4,8,12,17H,1-2,5-7,9H2,(H,18,19). The van der Waals surface area contributed by atoms with Crippen LogP contribution in [0.5, 0.6) is 0 Å². The number of nitrogens with one attached hydrogen (secondary N) is 2. The van der Waals surface area contributed by atoms with Gasteiger partial charge in [-0.3, -0.25) is 4.79 Å². The average molecular weight is 346 g/mol. The summed E-state index contributed by atoms with van der Waals surface area (Å²) < 4.78 is 1.01. The molecule has 0 unspecified atom stereocenters. The molecule has 0 heterocycles. The predicted octanol–water partition coefficient (Wildman–Crippen LogP) is 3.25. The van der Waals surface area contributed by atoms with Crippen LogP contribution in [-0.4, -0.2) is 18.5 Å². The molecule has 0 spiro atoms. The van der Waals surface area contributed by atoms with Gasteiger partial charge >= 0.3 is 0 Å². The number of hydrogen-bond acceptors (Lipinski definition) is 2. The van der Waals surface area contributed by atoms with Crippen molar-refractivity contribution in [2.75, 3.05) is 6.54 Å². The van der Waals surface area contributed by atoms with Crippen LogP contribution in [0.15, 0.2) is 22.7 Å². The summed E-state index contributed by atoms with van der Waals surface area (Å²) in [5.74, 6) is 0.178. The van der Waals surface area contributed by atoms with Gasteiger partial charge in [-0.15, -0.1) is 0 Å². The van der Waals surface area contributed by atoms with Gasteiger partial charge in [0.15, 0.2) is 0 Å². The zero-order valence-corrected chi connectivity index (χ0v) is 13.1. The Kier molecular flexibility index (Phi) is 5.67. The van der Waals surface area contributed by atoms with Crippen molar-refractivity contribution in [2.24, 2.45) is 0 Å². The molecule has 5 heteroatoms. The van der Waals surface area contributed by atoms with Crippen molar-refractivity contribution in [3.8, 4) is 0 Å². The first-order chi connectivity index (χ1) is 9.15. The van der Waals surface area contributed by atoms with Gasteiger partial charge in [0.05, 0.1) is 0 Å². The molecule has 3 nitrogen and oxygen atoms in total. The summed E-state index contributed by atoms with van der Waals surface area (Å²) in [4.78, 5) is 11.5. The summed E-state index contributed by atoms with van der Waals surface area (Å²) in [6.07, 6.45) is 3.76. The zero-order valence-electron chi connectivity index (χ0n) is 10.7. The molecular weight excluding hydrogens is 328 g/mol. The smallest absolute Gasteiger partial charge is 0.220 e. The summed E-state index contributed by atoms with van der Waals surface area (Å²) in [5.41, 5.74) is 1.17.